The second-order valence-electron chi connectivity index (χ2n) is 3.76. The third-order valence-electron chi connectivity index (χ3n) is 2.34. The fraction of sp³-hybridized carbons (Fsp3) is 0.333. The Hall–Kier alpha value is -1.93. The molecule has 1 rings (SSSR count). The molecule has 0 heterocycles. The van der Waals surface area contributed by atoms with Crippen molar-refractivity contribution in [3.05, 3.63) is 35.1 Å². The van der Waals surface area contributed by atoms with Gasteiger partial charge in [-0.3, -0.25) is 0 Å². The quantitative estimate of drug-likeness (QED) is 0.847. The van der Waals surface area contributed by atoms with Crippen molar-refractivity contribution in [2.45, 2.75) is 13.0 Å². The fourth-order valence-corrected chi connectivity index (χ4v) is 1.44. The summed E-state index contributed by atoms with van der Waals surface area (Å²) in [6.45, 7) is 0.807. The minimum atomic E-state index is -1.08. The Kier molecular flexibility index (Phi) is 4.61. The number of nitrogens with zero attached hydrogens (tertiary/aromatic N) is 2. The lowest BCUT2D eigenvalue weighted by atomic mass is 10.1. The molecule has 0 saturated heterocycles. The number of aromatic carboxylic acids is 1. The smallest absolute Gasteiger partial charge is 0.335 e. The van der Waals surface area contributed by atoms with Gasteiger partial charge < -0.3 is 10.0 Å². The Labute approximate surface area is 98.9 Å². The molecule has 4 nitrogen and oxygen atoms in total. The van der Waals surface area contributed by atoms with E-state index in [4.69, 9.17) is 10.4 Å². The first-order valence-corrected chi connectivity index (χ1v) is 5.12. The first-order valence-electron chi connectivity index (χ1n) is 5.12. The summed E-state index contributed by atoms with van der Waals surface area (Å²) in [6, 6.07) is 5.70. The van der Waals surface area contributed by atoms with Crippen LogP contribution in [0.15, 0.2) is 18.2 Å². The van der Waals surface area contributed by atoms with Crippen LogP contribution < -0.4 is 0 Å². The summed E-state index contributed by atoms with van der Waals surface area (Å²) in [7, 11) is 1.75. The Morgan fingerprint density at radius 2 is 2.29 bits per heavy atom. The predicted molar refractivity (Wildman–Crippen MR) is 59.9 cm³/mol. The van der Waals surface area contributed by atoms with Gasteiger partial charge in [-0.25, -0.2) is 9.18 Å². The summed E-state index contributed by atoms with van der Waals surface area (Å²) < 4.78 is 13.4. The number of nitriles is 1. The average Bonchev–Trinajstić information content (AvgIpc) is 2.29. The molecule has 5 heteroatoms. The van der Waals surface area contributed by atoms with Crippen LogP contribution in [0.5, 0.6) is 0 Å². The number of benzene rings is 1. The van der Waals surface area contributed by atoms with E-state index >= 15 is 0 Å². The van der Waals surface area contributed by atoms with Gasteiger partial charge in [0.25, 0.3) is 0 Å². The van der Waals surface area contributed by atoms with Crippen LogP contribution in [0.25, 0.3) is 0 Å². The molecule has 0 aliphatic carbocycles. The van der Waals surface area contributed by atoms with Crippen LogP contribution in [0.3, 0.4) is 0 Å². The highest BCUT2D eigenvalue weighted by Gasteiger charge is 2.10. The zero-order valence-corrected chi connectivity index (χ0v) is 9.48. The Morgan fingerprint density at radius 3 is 2.88 bits per heavy atom. The topological polar surface area (TPSA) is 64.3 Å². The lowest BCUT2D eigenvalue weighted by Crippen LogP contribution is -2.19. The maximum absolute atomic E-state index is 13.4. The summed E-state index contributed by atoms with van der Waals surface area (Å²) >= 11 is 0. The zero-order chi connectivity index (χ0) is 12.8. The number of halogens is 1. The second kappa shape index (κ2) is 5.97. The van der Waals surface area contributed by atoms with Crippen LogP contribution in [0.4, 0.5) is 4.39 Å². The van der Waals surface area contributed by atoms with Crippen molar-refractivity contribution >= 4 is 5.97 Å². The van der Waals surface area contributed by atoms with Crippen LogP contribution in [0.2, 0.25) is 0 Å². The van der Waals surface area contributed by atoms with Crippen molar-refractivity contribution in [3.8, 4) is 6.07 Å². The highest BCUT2D eigenvalue weighted by Crippen LogP contribution is 2.12. The van der Waals surface area contributed by atoms with Crippen molar-refractivity contribution in [1.29, 1.82) is 5.26 Å². The number of rotatable bonds is 5. The van der Waals surface area contributed by atoms with Gasteiger partial charge in [0.15, 0.2) is 0 Å². The molecule has 0 aliphatic rings. The molecule has 17 heavy (non-hydrogen) atoms. The van der Waals surface area contributed by atoms with Crippen molar-refractivity contribution < 1.29 is 14.3 Å². The molecule has 0 saturated carbocycles. The molecule has 0 aliphatic heterocycles. The molecule has 90 valence electrons. The third-order valence-corrected chi connectivity index (χ3v) is 2.34. The zero-order valence-electron chi connectivity index (χ0n) is 9.48. The van der Waals surface area contributed by atoms with Crippen molar-refractivity contribution in [2.24, 2.45) is 0 Å². The Balaban J connectivity index is 2.79. The SMILES string of the molecule is CN(CCC#N)Cc1cc(C(=O)O)ccc1F. The Morgan fingerprint density at radius 1 is 1.59 bits per heavy atom. The molecule has 0 fully saturated rings. The summed E-state index contributed by atoms with van der Waals surface area (Å²) in [4.78, 5) is 12.5. The molecule has 0 atom stereocenters. The molecule has 0 amide bonds. The normalized spacial score (nSPS) is 10.2. The maximum atomic E-state index is 13.4. The molecular weight excluding hydrogens is 223 g/mol. The minimum Gasteiger partial charge on any atom is -0.478 e. The Bertz CT molecular complexity index is 454. The largest absolute Gasteiger partial charge is 0.478 e. The third kappa shape index (κ3) is 3.85. The van der Waals surface area contributed by atoms with E-state index in [9.17, 15) is 9.18 Å². The number of hydrogen-bond donors (Lipinski definition) is 1. The van der Waals surface area contributed by atoms with Crippen LogP contribution >= 0.6 is 0 Å². The highest BCUT2D eigenvalue weighted by atomic mass is 19.1. The van der Waals surface area contributed by atoms with E-state index in [2.05, 4.69) is 0 Å². The van der Waals surface area contributed by atoms with Crippen LogP contribution in [-0.4, -0.2) is 29.6 Å². The van der Waals surface area contributed by atoms with Gasteiger partial charge >= 0.3 is 5.97 Å². The van der Waals surface area contributed by atoms with Gasteiger partial charge in [0, 0.05) is 25.1 Å². The summed E-state index contributed by atoms with van der Waals surface area (Å²) in [5, 5.41) is 17.2. The van der Waals surface area contributed by atoms with Gasteiger partial charge in [0.05, 0.1) is 11.6 Å². The number of carboxylic acids is 1. The highest BCUT2D eigenvalue weighted by molar-refractivity contribution is 5.87. The van der Waals surface area contributed by atoms with Crippen molar-refractivity contribution in [1.82, 2.24) is 4.90 Å². The van der Waals surface area contributed by atoms with Gasteiger partial charge in [-0.05, 0) is 25.2 Å². The summed E-state index contributed by atoms with van der Waals surface area (Å²) in [6.07, 6.45) is 0.358. The predicted octanol–water partition coefficient (Wildman–Crippen LogP) is 1.87. The van der Waals surface area contributed by atoms with Gasteiger partial charge in [-0.2, -0.15) is 5.26 Å². The first-order chi connectivity index (χ1) is 8.04. The van der Waals surface area contributed by atoms with E-state index in [0.29, 0.717) is 18.5 Å². The van der Waals surface area contributed by atoms with Gasteiger partial charge in [0.2, 0.25) is 0 Å². The molecule has 1 aromatic carbocycles. The van der Waals surface area contributed by atoms with Crippen LogP contribution in [0.1, 0.15) is 22.3 Å². The fourth-order valence-electron chi connectivity index (χ4n) is 1.44. The molecular formula is C12H13FN2O2. The van der Waals surface area contributed by atoms with Gasteiger partial charge in [-0.15, -0.1) is 0 Å². The molecule has 1 N–H and O–H groups in total. The molecule has 0 unspecified atom stereocenters. The van der Waals surface area contributed by atoms with Gasteiger partial charge in [0.1, 0.15) is 5.82 Å². The van der Waals surface area contributed by atoms with Crippen LogP contribution in [0, 0.1) is 17.1 Å². The lowest BCUT2D eigenvalue weighted by molar-refractivity contribution is 0.0696. The molecule has 0 aromatic heterocycles. The second-order valence-corrected chi connectivity index (χ2v) is 3.76. The standard InChI is InChI=1S/C12H13FN2O2/c1-15(6-2-5-14)8-10-7-9(12(16)17)3-4-11(10)13/h3-4,7H,2,6,8H2,1H3,(H,16,17). The number of hydrogen-bond acceptors (Lipinski definition) is 3. The van der Waals surface area contributed by atoms with E-state index in [-0.39, 0.29) is 12.1 Å². The van der Waals surface area contributed by atoms with Crippen molar-refractivity contribution in [3.63, 3.8) is 0 Å². The number of carboxylic acid groups (broad SMARTS) is 1. The lowest BCUT2D eigenvalue weighted by Gasteiger charge is -2.15. The van der Waals surface area contributed by atoms with E-state index < -0.39 is 11.8 Å². The van der Waals surface area contributed by atoms with Crippen LogP contribution in [-0.2, 0) is 6.54 Å². The average molecular weight is 236 g/mol. The summed E-state index contributed by atoms with van der Waals surface area (Å²) in [5.41, 5.74) is 0.389. The number of carbonyl (C=O) groups is 1. The van der Waals surface area contributed by atoms with E-state index in [0.717, 1.165) is 6.07 Å². The first kappa shape index (κ1) is 13.1. The molecule has 0 bridgehead atoms. The maximum Gasteiger partial charge on any atom is 0.335 e. The molecule has 1 aromatic rings. The summed E-state index contributed by atoms with van der Waals surface area (Å²) in [5.74, 6) is -1.51. The van der Waals surface area contributed by atoms with E-state index in [1.54, 1.807) is 11.9 Å². The minimum absolute atomic E-state index is 0.0649. The molecule has 0 radical (unpaired) electrons. The monoisotopic (exact) mass is 236 g/mol. The van der Waals surface area contributed by atoms with Gasteiger partial charge in [-0.1, -0.05) is 0 Å². The van der Waals surface area contributed by atoms with Crippen molar-refractivity contribution in [2.75, 3.05) is 13.6 Å². The van der Waals surface area contributed by atoms with E-state index in [1.807, 2.05) is 6.07 Å². The van der Waals surface area contributed by atoms with E-state index in [1.165, 1.54) is 12.1 Å². The molecule has 0 spiro atoms.